The van der Waals surface area contributed by atoms with E-state index in [0.29, 0.717) is 12.6 Å². The van der Waals surface area contributed by atoms with Crippen LogP contribution < -0.4 is 9.64 Å². The second kappa shape index (κ2) is 10.0. The van der Waals surface area contributed by atoms with E-state index < -0.39 is 0 Å². The van der Waals surface area contributed by atoms with Gasteiger partial charge in [0.1, 0.15) is 12.4 Å². The molecule has 1 atom stereocenters. The number of hydrogen-bond acceptors (Lipinski definition) is 6. The van der Waals surface area contributed by atoms with Crippen molar-refractivity contribution in [2.24, 2.45) is 0 Å². The second-order valence-electron chi connectivity index (χ2n) is 9.45. The van der Waals surface area contributed by atoms with Crippen molar-refractivity contribution in [1.82, 2.24) is 14.8 Å². The Morgan fingerprint density at radius 3 is 2.59 bits per heavy atom. The molecule has 0 spiro atoms. The summed E-state index contributed by atoms with van der Waals surface area (Å²) in [5, 5.41) is 12.1. The van der Waals surface area contributed by atoms with Crippen molar-refractivity contribution in [2.45, 2.75) is 25.3 Å². The number of nitrogens with zero attached hydrogens (tertiary/aromatic N) is 4. The second-order valence-corrected chi connectivity index (χ2v) is 9.45. The Labute approximate surface area is 200 Å². The van der Waals surface area contributed by atoms with E-state index in [9.17, 15) is 10.1 Å². The van der Waals surface area contributed by atoms with Gasteiger partial charge in [-0.2, -0.15) is 0 Å². The van der Waals surface area contributed by atoms with Crippen LogP contribution in [-0.4, -0.2) is 78.7 Å². The van der Waals surface area contributed by atoms with Crippen LogP contribution in [0.1, 0.15) is 18.4 Å². The minimum absolute atomic E-state index is 0.135. The molecule has 2 aromatic carbocycles. The molecule has 0 bridgehead atoms. The van der Waals surface area contributed by atoms with Crippen molar-refractivity contribution in [3.63, 3.8) is 0 Å². The van der Waals surface area contributed by atoms with E-state index in [-0.39, 0.29) is 10.6 Å². The molecule has 0 radical (unpaired) electrons. The molecular weight excluding hydrogens is 430 g/mol. The van der Waals surface area contributed by atoms with Crippen LogP contribution in [0.4, 0.5) is 11.4 Å². The number of nitro benzene ring substituents is 1. The fraction of sp³-hybridized carbons (Fsp3) is 0.462. The molecule has 8 nitrogen and oxygen atoms in total. The molecule has 8 heteroatoms. The van der Waals surface area contributed by atoms with Crippen molar-refractivity contribution in [3.05, 3.63) is 64.3 Å². The Kier molecular flexibility index (Phi) is 6.69. The lowest BCUT2D eigenvalue weighted by Crippen LogP contribution is -2.47. The third-order valence-corrected chi connectivity index (χ3v) is 7.34. The van der Waals surface area contributed by atoms with Crippen molar-refractivity contribution in [1.29, 1.82) is 0 Å². The number of anilines is 1. The van der Waals surface area contributed by atoms with Gasteiger partial charge in [0.05, 0.1) is 4.92 Å². The molecule has 2 fully saturated rings. The molecule has 1 unspecified atom stereocenters. The van der Waals surface area contributed by atoms with Gasteiger partial charge in [-0.25, -0.2) is 0 Å². The maximum atomic E-state index is 10.9. The number of ether oxygens (including phenoxy) is 1. The maximum Gasteiger partial charge on any atom is 0.269 e. The van der Waals surface area contributed by atoms with Crippen molar-refractivity contribution < 1.29 is 9.66 Å². The van der Waals surface area contributed by atoms with Crippen LogP contribution in [-0.2, 0) is 6.42 Å². The topological polar surface area (TPSA) is 77.9 Å². The Morgan fingerprint density at radius 2 is 1.88 bits per heavy atom. The van der Waals surface area contributed by atoms with Crippen LogP contribution >= 0.6 is 0 Å². The number of rotatable bonds is 8. The van der Waals surface area contributed by atoms with Gasteiger partial charge in [0.15, 0.2) is 0 Å². The van der Waals surface area contributed by atoms with E-state index >= 15 is 0 Å². The molecule has 180 valence electrons. The Hall–Kier alpha value is -3.10. The number of H-pyrrole nitrogens is 1. The minimum Gasteiger partial charge on any atom is -0.492 e. The fourth-order valence-corrected chi connectivity index (χ4v) is 5.21. The zero-order chi connectivity index (χ0) is 23.5. The molecule has 5 rings (SSSR count). The van der Waals surface area contributed by atoms with Gasteiger partial charge in [0.2, 0.25) is 0 Å². The summed E-state index contributed by atoms with van der Waals surface area (Å²) in [6.45, 7) is 6.47. The minimum atomic E-state index is -0.357. The van der Waals surface area contributed by atoms with Gasteiger partial charge in [-0.05, 0) is 68.8 Å². The van der Waals surface area contributed by atoms with Crippen LogP contribution in [0.3, 0.4) is 0 Å². The summed E-state index contributed by atoms with van der Waals surface area (Å²) in [7, 11) is 2.23. The van der Waals surface area contributed by atoms with E-state index in [1.54, 1.807) is 12.1 Å². The van der Waals surface area contributed by atoms with Crippen LogP contribution in [0.2, 0.25) is 0 Å². The van der Waals surface area contributed by atoms with E-state index in [4.69, 9.17) is 4.74 Å². The van der Waals surface area contributed by atoms with E-state index in [2.05, 4.69) is 51.1 Å². The summed E-state index contributed by atoms with van der Waals surface area (Å²) in [6.07, 6.45) is 5.81. The predicted octanol–water partition coefficient (Wildman–Crippen LogP) is 3.91. The number of likely N-dealkylation sites (N-methyl/N-ethyl adjacent to an activating group) is 1. The number of piperazine rings is 1. The molecule has 3 aromatic rings. The number of nitrogens with one attached hydrogen (secondary N) is 1. The average molecular weight is 464 g/mol. The predicted molar refractivity (Wildman–Crippen MR) is 135 cm³/mol. The van der Waals surface area contributed by atoms with Crippen molar-refractivity contribution >= 4 is 22.3 Å². The Balaban J connectivity index is 1.11. The van der Waals surface area contributed by atoms with Crippen LogP contribution in [0.25, 0.3) is 10.9 Å². The summed E-state index contributed by atoms with van der Waals surface area (Å²) in [5.74, 6) is 0.928. The van der Waals surface area contributed by atoms with Gasteiger partial charge in [-0.1, -0.05) is 0 Å². The molecule has 2 saturated heterocycles. The highest BCUT2D eigenvalue weighted by molar-refractivity contribution is 5.84. The third-order valence-electron chi connectivity index (χ3n) is 7.34. The first kappa shape index (κ1) is 22.7. The van der Waals surface area contributed by atoms with E-state index in [1.165, 1.54) is 35.9 Å². The summed E-state index contributed by atoms with van der Waals surface area (Å²) in [4.78, 5) is 21.1. The summed E-state index contributed by atoms with van der Waals surface area (Å²) < 4.78 is 6.14. The molecule has 34 heavy (non-hydrogen) atoms. The van der Waals surface area contributed by atoms with Crippen LogP contribution in [0.5, 0.6) is 5.75 Å². The molecule has 2 aliphatic heterocycles. The van der Waals surface area contributed by atoms with Gasteiger partial charge in [0, 0.05) is 73.7 Å². The Morgan fingerprint density at radius 1 is 1.09 bits per heavy atom. The average Bonchev–Trinajstić information content (AvgIpc) is 3.45. The van der Waals surface area contributed by atoms with Gasteiger partial charge >= 0.3 is 0 Å². The third kappa shape index (κ3) is 5.03. The highest BCUT2D eigenvalue weighted by atomic mass is 16.6. The maximum absolute atomic E-state index is 10.9. The largest absolute Gasteiger partial charge is 0.492 e. The first-order chi connectivity index (χ1) is 16.6. The molecule has 1 N–H and O–H groups in total. The first-order valence-corrected chi connectivity index (χ1v) is 12.2. The molecule has 0 amide bonds. The summed E-state index contributed by atoms with van der Waals surface area (Å²) in [5.41, 5.74) is 3.73. The van der Waals surface area contributed by atoms with E-state index in [1.807, 2.05) is 12.1 Å². The Bertz CT molecular complexity index is 1120. The molecule has 3 heterocycles. The van der Waals surface area contributed by atoms with Crippen LogP contribution in [0, 0.1) is 10.1 Å². The molecule has 0 saturated carbocycles. The number of aromatic amines is 1. The van der Waals surface area contributed by atoms with Crippen LogP contribution in [0.15, 0.2) is 48.7 Å². The lowest BCUT2D eigenvalue weighted by Gasteiger charge is -2.36. The number of nitro groups is 1. The summed E-state index contributed by atoms with van der Waals surface area (Å²) in [6, 6.07) is 13.8. The zero-order valence-corrected chi connectivity index (χ0v) is 19.8. The first-order valence-electron chi connectivity index (χ1n) is 12.2. The number of benzene rings is 2. The van der Waals surface area contributed by atoms with Gasteiger partial charge < -0.3 is 19.5 Å². The number of fused-ring (bicyclic) bond motifs is 1. The highest BCUT2D eigenvalue weighted by Crippen LogP contribution is 2.28. The molecule has 2 aliphatic rings. The fourth-order valence-electron chi connectivity index (χ4n) is 5.21. The SMILES string of the molecule is CN1CCCC1Cc1c[nH]c2ccc(OCCN3CCN(c4ccc([N+](=O)[O-])cc4)CC3)cc12. The van der Waals surface area contributed by atoms with Gasteiger partial charge in [-0.15, -0.1) is 0 Å². The lowest BCUT2D eigenvalue weighted by atomic mass is 10.0. The van der Waals surface area contributed by atoms with Gasteiger partial charge in [-0.3, -0.25) is 15.0 Å². The van der Waals surface area contributed by atoms with Crippen molar-refractivity contribution in [3.8, 4) is 5.75 Å². The number of aromatic nitrogens is 1. The zero-order valence-electron chi connectivity index (χ0n) is 19.8. The van der Waals surface area contributed by atoms with E-state index in [0.717, 1.165) is 50.6 Å². The summed E-state index contributed by atoms with van der Waals surface area (Å²) >= 11 is 0. The highest BCUT2D eigenvalue weighted by Gasteiger charge is 2.22. The van der Waals surface area contributed by atoms with Gasteiger partial charge in [0.25, 0.3) is 5.69 Å². The monoisotopic (exact) mass is 463 g/mol. The normalized spacial score (nSPS) is 19.7. The molecule has 1 aromatic heterocycles. The smallest absolute Gasteiger partial charge is 0.269 e. The quantitative estimate of drug-likeness (QED) is 0.403. The lowest BCUT2D eigenvalue weighted by molar-refractivity contribution is -0.384. The number of non-ortho nitro benzene ring substituents is 1. The van der Waals surface area contributed by atoms with Crippen molar-refractivity contribution in [2.75, 3.05) is 57.8 Å². The molecular formula is C26H33N5O3. The standard InChI is InChI=1S/C26H33N5O3/c1-28-10-2-3-23(28)17-20-19-27-26-9-8-24(18-25(20)26)34-16-15-29-11-13-30(14-12-29)21-4-6-22(7-5-21)31(32)33/h4-9,18-19,23,27H,2-3,10-17H2,1H3. The molecule has 0 aliphatic carbocycles. The number of hydrogen-bond donors (Lipinski definition) is 1. The number of likely N-dealkylation sites (tertiary alicyclic amines) is 1.